The van der Waals surface area contributed by atoms with Gasteiger partial charge < -0.3 is 5.32 Å². The molecule has 0 bridgehead atoms. The minimum Gasteiger partial charge on any atom is -0.382 e. The van der Waals surface area contributed by atoms with Crippen molar-refractivity contribution in [2.45, 2.75) is 39.2 Å². The van der Waals surface area contributed by atoms with Gasteiger partial charge in [0.05, 0.1) is 0 Å². The number of aryl methyl sites for hydroxylation is 1. The Bertz CT molecular complexity index is 533. The Morgan fingerprint density at radius 2 is 1.75 bits per heavy atom. The van der Waals surface area contributed by atoms with Gasteiger partial charge in [0, 0.05) is 11.7 Å². The summed E-state index contributed by atoms with van der Waals surface area (Å²) in [6.45, 7) is 4.26. The minimum atomic E-state index is -0.126. The number of nitrogens with one attached hydrogen (secondary N) is 1. The molecule has 0 fully saturated rings. The Morgan fingerprint density at radius 1 is 1.05 bits per heavy atom. The van der Waals surface area contributed by atoms with Crippen LogP contribution in [-0.2, 0) is 12.8 Å². The van der Waals surface area contributed by atoms with Crippen LogP contribution in [0.3, 0.4) is 0 Å². The van der Waals surface area contributed by atoms with Gasteiger partial charge in [-0.15, -0.1) is 0 Å². The molecule has 0 saturated carbocycles. The molecule has 0 amide bonds. The van der Waals surface area contributed by atoms with Crippen LogP contribution in [0.15, 0.2) is 48.5 Å². The number of halogens is 1. The molecule has 106 valence electrons. The minimum absolute atomic E-state index is 0.126. The van der Waals surface area contributed by atoms with E-state index in [1.165, 1.54) is 11.6 Å². The van der Waals surface area contributed by atoms with Crippen LogP contribution in [0.4, 0.5) is 10.1 Å². The fourth-order valence-corrected chi connectivity index (χ4v) is 2.39. The van der Waals surface area contributed by atoms with Crippen LogP contribution in [0.25, 0.3) is 0 Å². The Morgan fingerprint density at radius 3 is 2.40 bits per heavy atom. The third kappa shape index (κ3) is 4.09. The maximum atomic E-state index is 13.6. The van der Waals surface area contributed by atoms with Gasteiger partial charge in [-0.25, -0.2) is 4.39 Å². The highest BCUT2D eigenvalue weighted by Gasteiger charge is 2.07. The lowest BCUT2D eigenvalue weighted by Gasteiger charge is -2.16. The number of hydrogen-bond acceptors (Lipinski definition) is 1. The van der Waals surface area contributed by atoms with E-state index in [-0.39, 0.29) is 11.9 Å². The van der Waals surface area contributed by atoms with Gasteiger partial charge in [0.15, 0.2) is 0 Å². The zero-order chi connectivity index (χ0) is 14.4. The highest BCUT2D eigenvalue weighted by atomic mass is 19.1. The molecule has 2 aromatic rings. The Labute approximate surface area is 120 Å². The molecule has 1 nitrogen and oxygen atoms in total. The molecule has 0 spiro atoms. The molecule has 0 radical (unpaired) electrons. The first-order valence-electron chi connectivity index (χ1n) is 7.28. The van der Waals surface area contributed by atoms with Gasteiger partial charge >= 0.3 is 0 Å². The summed E-state index contributed by atoms with van der Waals surface area (Å²) in [4.78, 5) is 0. The van der Waals surface area contributed by atoms with Crippen molar-refractivity contribution in [3.8, 4) is 0 Å². The molecule has 0 aliphatic heterocycles. The van der Waals surface area contributed by atoms with Crippen molar-refractivity contribution in [1.82, 2.24) is 0 Å². The molecule has 2 aromatic carbocycles. The van der Waals surface area contributed by atoms with E-state index in [9.17, 15) is 4.39 Å². The first-order chi connectivity index (χ1) is 9.69. The van der Waals surface area contributed by atoms with Gasteiger partial charge in [0.25, 0.3) is 0 Å². The van der Waals surface area contributed by atoms with Gasteiger partial charge in [-0.2, -0.15) is 0 Å². The summed E-state index contributed by atoms with van der Waals surface area (Å²) in [6, 6.07) is 15.7. The van der Waals surface area contributed by atoms with Crippen molar-refractivity contribution in [3.63, 3.8) is 0 Å². The normalized spacial score (nSPS) is 12.2. The summed E-state index contributed by atoms with van der Waals surface area (Å²) in [5, 5.41) is 3.42. The number of benzene rings is 2. The van der Waals surface area contributed by atoms with Crippen LogP contribution in [0.2, 0.25) is 0 Å². The topological polar surface area (TPSA) is 12.0 Å². The monoisotopic (exact) mass is 271 g/mol. The van der Waals surface area contributed by atoms with E-state index < -0.39 is 0 Å². The smallest absolute Gasteiger partial charge is 0.126 e. The molecule has 0 heterocycles. The predicted octanol–water partition coefficient (Wildman–Crippen LogP) is 4.82. The third-order valence-electron chi connectivity index (χ3n) is 3.39. The summed E-state index contributed by atoms with van der Waals surface area (Å²) in [5.41, 5.74) is 3.21. The summed E-state index contributed by atoms with van der Waals surface area (Å²) < 4.78 is 13.6. The van der Waals surface area contributed by atoms with Gasteiger partial charge in [-0.05, 0) is 49.1 Å². The molecule has 0 aliphatic rings. The maximum absolute atomic E-state index is 13.6. The number of hydrogen-bond donors (Lipinski definition) is 1. The van der Waals surface area contributed by atoms with Crippen molar-refractivity contribution in [1.29, 1.82) is 0 Å². The number of anilines is 1. The quantitative estimate of drug-likeness (QED) is 0.794. The lowest BCUT2D eigenvalue weighted by molar-refractivity contribution is 0.601. The highest BCUT2D eigenvalue weighted by molar-refractivity contribution is 5.45. The molecule has 1 atom stereocenters. The van der Waals surface area contributed by atoms with Crippen molar-refractivity contribution in [2.75, 3.05) is 5.32 Å². The van der Waals surface area contributed by atoms with Crippen LogP contribution < -0.4 is 5.32 Å². The van der Waals surface area contributed by atoms with Crippen molar-refractivity contribution in [3.05, 3.63) is 65.5 Å². The Balaban J connectivity index is 1.94. The van der Waals surface area contributed by atoms with Gasteiger partial charge in [0.2, 0.25) is 0 Å². The molecular formula is C18H22FN. The molecular weight excluding hydrogens is 249 g/mol. The predicted molar refractivity (Wildman–Crippen MR) is 83.6 cm³/mol. The van der Waals surface area contributed by atoms with E-state index in [4.69, 9.17) is 0 Å². The largest absolute Gasteiger partial charge is 0.382 e. The molecule has 1 N–H and O–H groups in total. The van der Waals surface area contributed by atoms with Gasteiger partial charge in [-0.1, -0.05) is 43.7 Å². The van der Waals surface area contributed by atoms with Crippen LogP contribution >= 0.6 is 0 Å². The molecule has 1 unspecified atom stereocenters. The van der Waals surface area contributed by atoms with E-state index in [1.807, 2.05) is 12.1 Å². The summed E-state index contributed by atoms with van der Waals surface area (Å²) >= 11 is 0. The van der Waals surface area contributed by atoms with E-state index in [0.717, 1.165) is 24.1 Å². The zero-order valence-electron chi connectivity index (χ0n) is 12.2. The molecule has 0 aliphatic carbocycles. The molecule has 0 saturated heterocycles. The first kappa shape index (κ1) is 14.6. The Hall–Kier alpha value is -1.83. The second-order valence-corrected chi connectivity index (χ2v) is 5.29. The van der Waals surface area contributed by atoms with Crippen molar-refractivity contribution < 1.29 is 4.39 Å². The number of rotatable bonds is 6. The standard InChI is InChI=1S/C18H22FN/c1-3-6-15-9-11-17(12-10-15)20-14(2)13-16-7-4-5-8-18(16)19/h4-5,7-12,14,20H,3,6,13H2,1-2H3. The summed E-state index contributed by atoms with van der Waals surface area (Å²) in [5.74, 6) is -0.126. The Kier molecular flexibility index (Phi) is 5.16. The fraction of sp³-hybridized carbons (Fsp3) is 0.333. The zero-order valence-corrected chi connectivity index (χ0v) is 12.2. The summed E-state index contributed by atoms with van der Waals surface area (Å²) in [7, 11) is 0. The van der Waals surface area contributed by atoms with Crippen LogP contribution in [0.5, 0.6) is 0 Å². The average Bonchev–Trinajstić information content (AvgIpc) is 2.44. The maximum Gasteiger partial charge on any atom is 0.126 e. The third-order valence-corrected chi connectivity index (χ3v) is 3.39. The van der Waals surface area contributed by atoms with Crippen LogP contribution in [0, 0.1) is 5.82 Å². The second-order valence-electron chi connectivity index (χ2n) is 5.29. The first-order valence-corrected chi connectivity index (χ1v) is 7.28. The van der Waals surface area contributed by atoms with Crippen molar-refractivity contribution >= 4 is 5.69 Å². The van der Waals surface area contributed by atoms with E-state index in [2.05, 4.69) is 43.4 Å². The summed E-state index contributed by atoms with van der Waals surface area (Å²) in [6.07, 6.45) is 2.96. The van der Waals surface area contributed by atoms with Gasteiger partial charge in [0.1, 0.15) is 5.82 Å². The van der Waals surface area contributed by atoms with Crippen LogP contribution in [0.1, 0.15) is 31.4 Å². The SMILES string of the molecule is CCCc1ccc(NC(C)Cc2ccccc2F)cc1. The molecule has 2 heteroatoms. The molecule has 2 rings (SSSR count). The highest BCUT2D eigenvalue weighted by Crippen LogP contribution is 2.15. The molecule has 0 aromatic heterocycles. The van der Waals surface area contributed by atoms with Crippen molar-refractivity contribution in [2.24, 2.45) is 0 Å². The molecule has 20 heavy (non-hydrogen) atoms. The second kappa shape index (κ2) is 7.09. The van der Waals surface area contributed by atoms with E-state index >= 15 is 0 Å². The lowest BCUT2D eigenvalue weighted by Crippen LogP contribution is -2.18. The lowest BCUT2D eigenvalue weighted by atomic mass is 10.1. The van der Waals surface area contributed by atoms with Gasteiger partial charge in [-0.3, -0.25) is 0 Å². The van der Waals surface area contributed by atoms with E-state index in [1.54, 1.807) is 6.07 Å². The van der Waals surface area contributed by atoms with Crippen LogP contribution in [-0.4, -0.2) is 6.04 Å². The average molecular weight is 271 g/mol. The fourth-order valence-electron chi connectivity index (χ4n) is 2.39. The van der Waals surface area contributed by atoms with E-state index in [0.29, 0.717) is 6.42 Å².